The Kier molecular flexibility index (Phi) is 5.07. The van der Waals surface area contributed by atoms with Crippen molar-refractivity contribution in [2.24, 2.45) is 0 Å². The fourth-order valence-electron chi connectivity index (χ4n) is 1.87. The maximum Gasteiger partial charge on any atom is 0.329 e. The van der Waals surface area contributed by atoms with Crippen LogP contribution >= 0.6 is 0 Å². The Labute approximate surface area is 117 Å². The number of anilines is 1. The molecule has 0 aromatic heterocycles. The second-order valence-electron chi connectivity index (χ2n) is 4.56. The standard InChI is InChI=1S/C14H19FN2O3/c1-4-14(5-2,12(18)19)16-13(20)17(3)11-8-6-7-10(15)9-11/h6-9H,4-5H2,1-3H3,(H,16,20)(H,18,19). The van der Waals surface area contributed by atoms with E-state index in [1.165, 1.54) is 30.1 Å². The number of carbonyl (C=O) groups excluding carboxylic acids is 1. The summed E-state index contributed by atoms with van der Waals surface area (Å²) in [5, 5.41) is 11.8. The molecule has 0 aliphatic rings. The van der Waals surface area contributed by atoms with Crippen molar-refractivity contribution in [2.45, 2.75) is 32.2 Å². The summed E-state index contributed by atoms with van der Waals surface area (Å²) < 4.78 is 13.1. The van der Waals surface area contributed by atoms with Crippen LogP contribution in [0.5, 0.6) is 0 Å². The molecule has 0 saturated carbocycles. The summed E-state index contributed by atoms with van der Waals surface area (Å²) >= 11 is 0. The van der Waals surface area contributed by atoms with Gasteiger partial charge in [-0.1, -0.05) is 19.9 Å². The van der Waals surface area contributed by atoms with Gasteiger partial charge in [-0.15, -0.1) is 0 Å². The van der Waals surface area contributed by atoms with Gasteiger partial charge >= 0.3 is 12.0 Å². The summed E-state index contributed by atoms with van der Waals surface area (Å²) in [5.41, 5.74) is -0.951. The highest BCUT2D eigenvalue weighted by atomic mass is 19.1. The van der Waals surface area contributed by atoms with Crippen LogP contribution in [0, 0.1) is 5.82 Å². The van der Waals surface area contributed by atoms with E-state index in [1.54, 1.807) is 19.9 Å². The first-order chi connectivity index (χ1) is 9.36. The predicted molar refractivity (Wildman–Crippen MR) is 74.3 cm³/mol. The number of aliphatic carboxylic acids is 1. The first-order valence-corrected chi connectivity index (χ1v) is 6.41. The molecule has 0 heterocycles. The van der Waals surface area contributed by atoms with E-state index in [1.807, 2.05) is 0 Å². The Morgan fingerprint density at radius 3 is 2.40 bits per heavy atom. The van der Waals surface area contributed by atoms with Crippen molar-refractivity contribution in [2.75, 3.05) is 11.9 Å². The van der Waals surface area contributed by atoms with Crippen LogP contribution in [0.2, 0.25) is 0 Å². The molecular weight excluding hydrogens is 263 g/mol. The zero-order valence-corrected chi connectivity index (χ0v) is 11.8. The third kappa shape index (κ3) is 3.26. The third-order valence-corrected chi connectivity index (χ3v) is 3.46. The van der Waals surface area contributed by atoms with Crippen LogP contribution in [0.25, 0.3) is 0 Å². The predicted octanol–water partition coefficient (Wildman–Crippen LogP) is 2.61. The van der Waals surface area contributed by atoms with E-state index in [2.05, 4.69) is 5.32 Å². The van der Waals surface area contributed by atoms with Crippen LogP contribution in [0.3, 0.4) is 0 Å². The zero-order chi connectivity index (χ0) is 15.3. The van der Waals surface area contributed by atoms with Crippen molar-refractivity contribution < 1.29 is 19.1 Å². The number of hydrogen-bond donors (Lipinski definition) is 2. The van der Waals surface area contributed by atoms with Gasteiger partial charge in [0.05, 0.1) is 0 Å². The average molecular weight is 282 g/mol. The van der Waals surface area contributed by atoms with Crippen LogP contribution in [0.15, 0.2) is 24.3 Å². The Balaban J connectivity index is 2.92. The second-order valence-corrected chi connectivity index (χ2v) is 4.56. The second kappa shape index (κ2) is 6.36. The van der Waals surface area contributed by atoms with Gasteiger partial charge in [-0.3, -0.25) is 4.90 Å². The van der Waals surface area contributed by atoms with Gasteiger partial charge in [0.2, 0.25) is 0 Å². The zero-order valence-electron chi connectivity index (χ0n) is 11.8. The number of nitrogens with one attached hydrogen (secondary N) is 1. The highest BCUT2D eigenvalue weighted by molar-refractivity contribution is 5.95. The Morgan fingerprint density at radius 1 is 1.35 bits per heavy atom. The van der Waals surface area contributed by atoms with E-state index in [0.29, 0.717) is 5.69 Å². The first kappa shape index (κ1) is 15.9. The SMILES string of the molecule is CCC(CC)(NC(=O)N(C)c1cccc(F)c1)C(=O)O. The van der Waals surface area contributed by atoms with Crippen LogP contribution in [-0.2, 0) is 4.79 Å². The molecule has 1 aromatic rings. The summed E-state index contributed by atoms with van der Waals surface area (Å²) in [6.07, 6.45) is 0.531. The molecule has 0 spiro atoms. The van der Waals surface area contributed by atoms with Crippen molar-refractivity contribution in [3.05, 3.63) is 30.1 Å². The Morgan fingerprint density at radius 2 is 1.95 bits per heavy atom. The number of carboxylic acid groups (broad SMARTS) is 1. The minimum atomic E-state index is -1.31. The van der Waals surface area contributed by atoms with Gasteiger partial charge in [-0.25, -0.2) is 14.0 Å². The van der Waals surface area contributed by atoms with Crippen molar-refractivity contribution in [3.63, 3.8) is 0 Å². The molecule has 0 saturated heterocycles. The molecule has 0 radical (unpaired) electrons. The molecule has 0 fully saturated rings. The minimum absolute atomic E-state index is 0.265. The summed E-state index contributed by atoms with van der Waals surface area (Å²) in [6.45, 7) is 3.39. The Hall–Kier alpha value is -2.11. The van der Waals surface area contributed by atoms with Gasteiger partial charge in [0, 0.05) is 12.7 Å². The van der Waals surface area contributed by atoms with Crippen molar-refractivity contribution in [1.29, 1.82) is 0 Å². The number of halogens is 1. The highest BCUT2D eigenvalue weighted by Crippen LogP contribution is 2.18. The number of rotatable bonds is 5. The fraction of sp³-hybridized carbons (Fsp3) is 0.429. The fourth-order valence-corrected chi connectivity index (χ4v) is 1.87. The normalized spacial score (nSPS) is 11.0. The lowest BCUT2D eigenvalue weighted by molar-refractivity contribution is -0.144. The summed E-state index contributed by atoms with van der Waals surface area (Å²) in [6, 6.07) is 4.96. The number of urea groups is 1. The molecule has 2 amide bonds. The molecule has 0 aliphatic carbocycles. The molecule has 2 N–H and O–H groups in total. The molecule has 20 heavy (non-hydrogen) atoms. The number of carbonyl (C=O) groups is 2. The molecule has 0 atom stereocenters. The van der Waals surface area contributed by atoms with E-state index >= 15 is 0 Å². The molecule has 1 rings (SSSR count). The number of carboxylic acids is 1. The minimum Gasteiger partial charge on any atom is -0.480 e. The van der Waals surface area contributed by atoms with Crippen molar-refractivity contribution in [1.82, 2.24) is 5.32 Å². The van der Waals surface area contributed by atoms with Gasteiger partial charge in [-0.05, 0) is 31.0 Å². The van der Waals surface area contributed by atoms with Gasteiger partial charge in [0.15, 0.2) is 0 Å². The van der Waals surface area contributed by atoms with Crippen LogP contribution in [0.1, 0.15) is 26.7 Å². The lowest BCUT2D eigenvalue weighted by Crippen LogP contribution is -2.56. The van der Waals surface area contributed by atoms with E-state index in [9.17, 15) is 19.1 Å². The van der Waals surface area contributed by atoms with Crippen LogP contribution in [0.4, 0.5) is 14.9 Å². The third-order valence-electron chi connectivity index (χ3n) is 3.46. The quantitative estimate of drug-likeness (QED) is 0.872. The van der Waals surface area contributed by atoms with E-state index < -0.39 is 23.4 Å². The molecule has 1 aromatic carbocycles. The van der Waals surface area contributed by atoms with Gasteiger partial charge < -0.3 is 10.4 Å². The highest BCUT2D eigenvalue weighted by Gasteiger charge is 2.37. The number of hydrogen-bond acceptors (Lipinski definition) is 2. The lowest BCUT2D eigenvalue weighted by Gasteiger charge is -2.30. The maximum absolute atomic E-state index is 13.1. The molecular formula is C14H19FN2O3. The lowest BCUT2D eigenvalue weighted by atomic mass is 9.93. The van der Waals surface area contributed by atoms with Gasteiger partial charge in [0.25, 0.3) is 0 Å². The smallest absolute Gasteiger partial charge is 0.329 e. The molecule has 5 nitrogen and oxygen atoms in total. The molecule has 0 bridgehead atoms. The first-order valence-electron chi connectivity index (χ1n) is 6.41. The van der Waals surface area contributed by atoms with Gasteiger partial charge in [-0.2, -0.15) is 0 Å². The maximum atomic E-state index is 13.1. The summed E-state index contributed by atoms with van der Waals surface area (Å²) in [7, 11) is 1.46. The number of amides is 2. The van der Waals surface area contributed by atoms with E-state index in [0.717, 1.165) is 0 Å². The number of nitrogens with zero attached hydrogens (tertiary/aromatic N) is 1. The van der Waals surface area contributed by atoms with E-state index in [-0.39, 0.29) is 12.8 Å². The summed E-state index contributed by atoms with van der Waals surface area (Å²) in [4.78, 5) is 24.6. The Bertz CT molecular complexity index is 501. The average Bonchev–Trinajstić information content (AvgIpc) is 2.43. The van der Waals surface area contributed by atoms with E-state index in [4.69, 9.17) is 0 Å². The van der Waals surface area contributed by atoms with Crippen molar-refractivity contribution in [3.8, 4) is 0 Å². The number of benzene rings is 1. The van der Waals surface area contributed by atoms with Crippen LogP contribution in [-0.4, -0.2) is 29.7 Å². The van der Waals surface area contributed by atoms with Crippen LogP contribution < -0.4 is 10.2 Å². The van der Waals surface area contributed by atoms with Gasteiger partial charge in [0.1, 0.15) is 11.4 Å². The molecule has 110 valence electrons. The molecule has 6 heteroatoms. The molecule has 0 unspecified atom stereocenters. The van der Waals surface area contributed by atoms with Crippen molar-refractivity contribution >= 4 is 17.7 Å². The summed E-state index contributed by atoms with van der Waals surface area (Å²) in [5.74, 6) is -1.54. The largest absolute Gasteiger partial charge is 0.480 e. The molecule has 0 aliphatic heterocycles. The monoisotopic (exact) mass is 282 g/mol. The topological polar surface area (TPSA) is 69.6 Å².